The molecule has 1 aliphatic carbocycles. The molecule has 1 unspecified atom stereocenters. The van der Waals surface area contributed by atoms with E-state index in [0.717, 1.165) is 11.3 Å². The Morgan fingerprint density at radius 3 is 2.58 bits per heavy atom. The molecule has 4 heteroatoms. The number of hydrogen-bond acceptors (Lipinski definition) is 2. The van der Waals surface area contributed by atoms with Crippen molar-refractivity contribution in [3.8, 4) is 0 Å². The summed E-state index contributed by atoms with van der Waals surface area (Å²) in [5.74, 6) is 0.374. The Labute approximate surface area is 116 Å². The van der Waals surface area contributed by atoms with Crippen LogP contribution in [-0.2, 0) is 0 Å². The van der Waals surface area contributed by atoms with Crippen LogP contribution in [0.5, 0.6) is 0 Å². The third-order valence-electron chi connectivity index (χ3n) is 3.40. The van der Waals surface area contributed by atoms with E-state index in [1.54, 1.807) is 18.5 Å². The Hall–Kier alpha value is -1.61. The van der Waals surface area contributed by atoms with Gasteiger partial charge in [-0.3, -0.25) is 4.98 Å². The molecule has 1 fully saturated rings. The van der Waals surface area contributed by atoms with Crippen molar-refractivity contribution in [2.75, 3.05) is 5.32 Å². The second kappa shape index (κ2) is 5.17. The van der Waals surface area contributed by atoms with Gasteiger partial charge in [-0.25, -0.2) is 4.39 Å². The van der Waals surface area contributed by atoms with Gasteiger partial charge in [0.25, 0.3) is 0 Å². The van der Waals surface area contributed by atoms with E-state index in [9.17, 15) is 4.39 Å². The average Bonchev–Trinajstić information content (AvgIpc) is 3.24. The van der Waals surface area contributed by atoms with Gasteiger partial charge >= 0.3 is 0 Å². The lowest BCUT2D eigenvalue weighted by Gasteiger charge is -2.20. The summed E-state index contributed by atoms with van der Waals surface area (Å²) in [6.45, 7) is 0. The van der Waals surface area contributed by atoms with Gasteiger partial charge in [-0.05, 0) is 42.5 Å². The minimum atomic E-state index is -0.210. The first-order chi connectivity index (χ1) is 9.24. The Morgan fingerprint density at radius 1 is 1.21 bits per heavy atom. The summed E-state index contributed by atoms with van der Waals surface area (Å²) in [6, 6.07) is 8.58. The number of pyridine rings is 1. The van der Waals surface area contributed by atoms with Gasteiger partial charge in [-0.2, -0.15) is 0 Å². The topological polar surface area (TPSA) is 24.9 Å². The molecule has 1 atom stereocenters. The maximum Gasteiger partial charge on any atom is 0.123 e. The fourth-order valence-electron chi connectivity index (χ4n) is 2.22. The highest BCUT2D eigenvalue weighted by molar-refractivity contribution is 6.33. The number of hydrogen-bond donors (Lipinski definition) is 1. The standard InChI is InChI=1S/C15H14ClFN2/c16-13-7-8-18-9-14(13)19-15(10-1-2-10)11-3-5-12(17)6-4-11/h3-10,15,19H,1-2H2. The number of nitrogens with one attached hydrogen (secondary N) is 1. The van der Waals surface area contributed by atoms with Crippen LogP contribution >= 0.6 is 11.6 Å². The molecule has 1 heterocycles. The van der Waals surface area contributed by atoms with Gasteiger partial charge in [0.1, 0.15) is 5.82 Å². The van der Waals surface area contributed by atoms with Gasteiger partial charge in [0.05, 0.1) is 22.9 Å². The predicted octanol–water partition coefficient (Wildman–Crippen LogP) is 4.44. The minimum absolute atomic E-state index is 0.169. The third-order valence-corrected chi connectivity index (χ3v) is 3.73. The lowest BCUT2D eigenvalue weighted by Crippen LogP contribution is -2.13. The lowest BCUT2D eigenvalue weighted by atomic mass is 10.0. The van der Waals surface area contributed by atoms with Crippen molar-refractivity contribution >= 4 is 17.3 Å². The SMILES string of the molecule is Fc1ccc(C(Nc2cnccc2Cl)C2CC2)cc1. The molecule has 98 valence electrons. The van der Waals surface area contributed by atoms with Gasteiger partial charge in [0.15, 0.2) is 0 Å². The van der Waals surface area contributed by atoms with Crippen LogP contribution in [0.2, 0.25) is 5.02 Å². The Balaban J connectivity index is 1.86. The van der Waals surface area contributed by atoms with Crippen molar-refractivity contribution in [1.82, 2.24) is 4.98 Å². The molecule has 1 aliphatic rings. The average molecular weight is 277 g/mol. The van der Waals surface area contributed by atoms with Gasteiger partial charge < -0.3 is 5.32 Å². The van der Waals surface area contributed by atoms with Crippen molar-refractivity contribution in [3.63, 3.8) is 0 Å². The molecule has 2 nitrogen and oxygen atoms in total. The van der Waals surface area contributed by atoms with Gasteiger partial charge in [-0.1, -0.05) is 23.7 Å². The predicted molar refractivity (Wildman–Crippen MR) is 74.7 cm³/mol. The molecular weight excluding hydrogens is 263 g/mol. The molecule has 0 aliphatic heterocycles. The number of halogens is 2. The molecule has 19 heavy (non-hydrogen) atoms. The first-order valence-corrected chi connectivity index (χ1v) is 6.73. The number of aromatic nitrogens is 1. The van der Waals surface area contributed by atoms with E-state index in [2.05, 4.69) is 10.3 Å². The lowest BCUT2D eigenvalue weighted by molar-refractivity contribution is 0.622. The van der Waals surface area contributed by atoms with E-state index in [1.165, 1.54) is 25.0 Å². The molecule has 1 aromatic carbocycles. The normalized spacial score (nSPS) is 16.1. The highest BCUT2D eigenvalue weighted by atomic mass is 35.5. The Morgan fingerprint density at radius 2 is 1.95 bits per heavy atom. The molecule has 1 N–H and O–H groups in total. The van der Waals surface area contributed by atoms with Crippen LogP contribution in [-0.4, -0.2) is 4.98 Å². The van der Waals surface area contributed by atoms with Crippen molar-refractivity contribution < 1.29 is 4.39 Å². The molecule has 0 amide bonds. The number of anilines is 1. The summed E-state index contributed by atoms with van der Waals surface area (Å²) < 4.78 is 13.0. The van der Waals surface area contributed by atoms with Crippen molar-refractivity contribution in [3.05, 3.63) is 59.1 Å². The van der Waals surface area contributed by atoms with Crippen molar-refractivity contribution in [2.24, 2.45) is 5.92 Å². The highest BCUT2D eigenvalue weighted by Gasteiger charge is 2.32. The molecular formula is C15H14ClFN2. The quantitative estimate of drug-likeness (QED) is 0.893. The molecule has 0 saturated heterocycles. The molecule has 2 aromatic rings. The smallest absolute Gasteiger partial charge is 0.123 e. The molecule has 0 bridgehead atoms. The van der Waals surface area contributed by atoms with Gasteiger partial charge in [0.2, 0.25) is 0 Å². The Bertz CT molecular complexity index is 567. The number of nitrogens with zero attached hydrogens (tertiary/aromatic N) is 1. The first kappa shape index (κ1) is 12.4. The molecule has 3 rings (SSSR count). The van der Waals surface area contributed by atoms with Crippen LogP contribution in [0.15, 0.2) is 42.7 Å². The fraction of sp³-hybridized carbons (Fsp3) is 0.267. The van der Waals surface area contributed by atoms with E-state index in [1.807, 2.05) is 12.1 Å². The van der Waals surface area contributed by atoms with Crippen molar-refractivity contribution in [2.45, 2.75) is 18.9 Å². The summed E-state index contributed by atoms with van der Waals surface area (Å²) in [7, 11) is 0. The van der Waals surface area contributed by atoms with Crippen LogP contribution in [0.1, 0.15) is 24.4 Å². The van der Waals surface area contributed by atoms with E-state index >= 15 is 0 Å². The summed E-state index contributed by atoms with van der Waals surface area (Å²) in [4.78, 5) is 4.08. The summed E-state index contributed by atoms with van der Waals surface area (Å²) in [5.41, 5.74) is 1.91. The van der Waals surface area contributed by atoms with Crippen LogP contribution in [0.4, 0.5) is 10.1 Å². The van der Waals surface area contributed by atoms with Crippen LogP contribution < -0.4 is 5.32 Å². The van der Waals surface area contributed by atoms with Crippen LogP contribution in [0.3, 0.4) is 0 Å². The van der Waals surface area contributed by atoms with E-state index in [-0.39, 0.29) is 11.9 Å². The Kier molecular flexibility index (Phi) is 3.38. The van der Waals surface area contributed by atoms with E-state index in [4.69, 9.17) is 11.6 Å². The summed E-state index contributed by atoms with van der Waals surface area (Å²) in [5, 5.41) is 4.08. The monoisotopic (exact) mass is 276 g/mol. The maximum atomic E-state index is 13.0. The van der Waals surface area contributed by atoms with Gasteiger partial charge in [0, 0.05) is 6.20 Å². The largest absolute Gasteiger partial charge is 0.376 e. The van der Waals surface area contributed by atoms with E-state index in [0.29, 0.717) is 10.9 Å². The van der Waals surface area contributed by atoms with Crippen LogP contribution in [0.25, 0.3) is 0 Å². The third kappa shape index (κ3) is 2.87. The number of rotatable bonds is 4. The first-order valence-electron chi connectivity index (χ1n) is 6.35. The van der Waals surface area contributed by atoms with Crippen molar-refractivity contribution in [1.29, 1.82) is 0 Å². The van der Waals surface area contributed by atoms with Gasteiger partial charge in [-0.15, -0.1) is 0 Å². The summed E-state index contributed by atoms with van der Waals surface area (Å²) >= 11 is 6.14. The maximum absolute atomic E-state index is 13.0. The molecule has 0 spiro atoms. The number of benzene rings is 1. The zero-order valence-electron chi connectivity index (χ0n) is 10.3. The zero-order chi connectivity index (χ0) is 13.2. The van der Waals surface area contributed by atoms with Crippen LogP contribution in [0, 0.1) is 11.7 Å². The fourth-order valence-corrected chi connectivity index (χ4v) is 2.38. The van der Waals surface area contributed by atoms with E-state index < -0.39 is 0 Å². The highest BCUT2D eigenvalue weighted by Crippen LogP contribution is 2.43. The second-order valence-electron chi connectivity index (χ2n) is 4.87. The molecule has 1 aromatic heterocycles. The molecule has 0 radical (unpaired) electrons. The second-order valence-corrected chi connectivity index (χ2v) is 5.27. The minimum Gasteiger partial charge on any atom is -0.376 e. The summed E-state index contributed by atoms with van der Waals surface area (Å²) in [6.07, 6.45) is 5.76. The zero-order valence-corrected chi connectivity index (χ0v) is 11.1. The molecule has 1 saturated carbocycles.